The molecular formula is C11H22N6O2. The van der Waals surface area contributed by atoms with Gasteiger partial charge in [-0.15, -0.1) is 0 Å². The first-order chi connectivity index (χ1) is 9.15. The van der Waals surface area contributed by atoms with Crippen LogP contribution in [0.2, 0.25) is 0 Å². The second kappa shape index (κ2) is 8.44. The van der Waals surface area contributed by atoms with E-state index < -0.39 is 0 Å². The van der Waals surface area contributed by atoms with Crippen molar-refractivity contribution < 1.29 is 9.47 Å². The molecule has 0 aliphatic heterocycles. The molecular weight excluding hydrogens is 248 g/mol. The van der Waals surface area contributed by atoms with E-state index >= 15 is 0 Å². The van der Waals surface area contributed by atoms with Crippen LogP contribution in [0.4, 0.5) is 11.9 Å². The SMILES string of the molecule is COc1nc(NN)nc(NCCCOCC(C)C)n1. The highest BCUT2D eigenvalue weighted by Gasteiger charge is 2.05. The maximum absolute atomic E-state index is 5.47. The molecule has 0 radical (unpaired) electrons. The Labute approximate surface area is 113 Å². The zero-order valence-electron chi connectivity index (χ0n) is 11.6. The van der Waals surface area contributed by atoms with Crippen molar-refractivity contribution in [1.82, 2.24) is 15.0 Å². The van der Waals surface area contributed by atoms with Gasteiger partial charge in [0.05, 0.1) is 7.11 Å². The summed E-state index contributed by atoms with van der Waals surface area (Å²) in [7, 11) is 1.49. The molecule has 0 unspecified atom stereocenters. The summed E-state index contributed by atoms with van der Waals surface area (Å²) in [6.45, 7) is 6.43. The van der Waals surface area contributed by atoms with E-state index in [0.29, 0.717) is 25.0 Å². The molecule has 108 valence electrons. The Morgan fingerprint density at radius 2 is 1.95 bits per heavy atom. The quantitative estimate of drug-likeness (QED) is 0.341. The summed E-state index contributed by atoms with van der Waals surface area (Å²) in [6, 6.07) is 0.210. The van der Waals surface area contributed by atoms with Crippen LogP contribution in [0.5, 0.6) is 6.01 Å². The first-order valence-electron chi connectivity index (χ1n) is 6.24. The molecule has 0 spiro atoms. The maximum atomic E-state index is 5.47. The number of anilines is 2. The molecule has 0 saturated heterocycles. The Morgan fingerprint density at radius 1 is 1.21 bits per heavy atom. The third kappa shape index (κ3) is 6.16. The number of hydrogen-bond donors (Lipinski definition) is 3. The summed E-state index contributed by atoms with van der Waals surface area (Å²) < 4.78 is 10.4. The fraction of sp³-hybridized carbons (Fsp3) is 0.727. The summed E-state index contributed by atoms with van der Waals surface area (Å²) >= 11 is 0. The van der Waals surface area contributed by atoms with E-state index in [-0.39, 0.29) is 12.0 Å². The van der Waals surface area contributed by atoms with Crippen LogP contribution < -0.4 is 21.3 Å². The van der Waals surface area contributed by atoms with Crippen molar-refractivity contribution in [2.24, 2.45) is 11.8 Å². The van der Waals surface area contributed by atoms with E-state index in [1.165, 1.54) is 7.11 Å². The number of nitrogen functional groups attached to an aromatic ring is 1. The van der Waals surface area contributed by atoms with E-state index in [0.717, 1.165) is 13.0 Å². The topological polar surface area (TPSA) is 107 Å². The standard InChI is InChI=1S/C11H22N6O2/c1-8(2)7-19-6-4-5-13-9-14-10(17-12)16-11(15-9)18-3/h8H,4-7,12H2,1-3H3,(H2,13,14,15,16,17). The van der Waals surface area contributed by atoms with Crippen molar-refractivity contribution in [3.05, 3.63) is 0 Å². The monoisotopic (exact) mass is 270 g/mol. The van der Waals surface area contributed by atoms with Crippen molar-refractivity contribution in [2.75, 3.05) is 37.6 Å². The number of nitrogens with two attached hydrogens (primary N) is 1. The van der Waals surface area contributed by atoms with Crippen molar-refractivity contribution >= 4 is 11.9 Å². The Balaban J connectivity index is 2.32. The highest BCUT2D eigenvalue weighted by atomic mass is 16.5. The number of hydrogen-bond acceptors (Lipinski definition) is 8. The molecule has 8 nitrogen and oxygen atoms in total. The first kappa shape index (κ1) is 15.4. The van der Waals surface area contributed by atoms with Crippen LogP contribution >= 0.6 is 0 Å². The Hall–Kier alpha value is -1.67. The predicted molar refractivity (Wildman–Crippen MR) is 73.0 cm³/mol. The molecule has 1 rings (SSSR count). The molecule has 0 aliphatic carbocycles. The largest absolute Gasteiger partial charge is 0.467 e. The third-order valence-corrected chi connectivity index (χ3v) is 2.13. The van der Waals surface area contributed by atoms with Gasteiger partial charge in [0, 0.05) is 19.8 Å². The lowest BCUT2D eigenvalue weighted by Crippen LogP contribution is -2.15. The number of nitrogens with zero attached hydrogens (tertiary/aromatic N) is 3. The van der Waals surface area contributed by atoms with Gasteiger partial charge < -0.3 is 14.8 Å². The van der Waals surface area contributed by atoms with Gasteiger partial charge in [0.15, 0.2) is 0 Å². The lowest BCUT2D eigenvalue weighted by molar-refractivity contribution is 0.110. The van der Waals surface area contributed by atoms with Gasteiger partial charge in [0.2, 0.25) is 11.9 Å². The Bertz CT molecular complexity index is 352. The van der Waals surface area contributed by atoms with Gasteiger partial charge in [-0.05, 0) is 12.3 Å². The predicted octanol–water partition coefficient (Wildman–Crippen LogP) is 0.640. The minimum atomic E-state index is 0.210. The van der Waals surface area contributed by atoms with Crippen LogP contribution in [0.1, 0.15) is 20.3 Å². The van der Waals surface area contributed by atoms with Gasteiger partial charge in [-0.2, -0.15) is 15.0 Å². The normalized spacial score (nSPS) is 10.6. The van der Waals surface area contributed by atoms with Gasteiger partial charge >= 0.3 is 6.01 Å². The van der Waals surface area contributed by atoms with Crippen molar-refractivity contribution in [1.29, 1.82) is 0 Å². The first-order valence-corrected chi connectivity index (χ1v) is 6.24. The van der Waals surface area contributed by atoms with Gasteiger partial charge in [0.1, 0.15) is 0 Å². The van der Waals surface area contributed by atoms with Crippen LogP contribution in [0.3, 0.4) is 0 Å². The van der Waals surface area contributed by atoms with Crippen molar-refractivity contribution in [3.8, 4) is 6.01 Å². The average molecular weight is 270 g/mol. The van der Waals surface area contributed by atoms with Crippen molar-refractivity contribution in [2.45, 2.75) is 20.3 Å². The molecule has 8 heteroatoms. The summed E-state index contributed by atoms with van der Waals surface area (Å²) in [6.07, 6.45) is 0.867. The van der Waals surface area contributed by atoms with Crippen LogP contribution in [-0.4, -0.2) is 41.8 Å². The fourth-order valence-electron chi connectivity index (χ4n) is 1.28. The minimum absolute atomic E-state index is 0.210. The number of rotatable bonds is 9. The van der Waals surface area contributed by atoms with Crippen LogP contribution in [-0.2, 0) is 4.74 Å². The molecule has 0 fully saturated rings. The van der Waals surface area contributed by atoms with Gasteiger partial charge in [-0.3, -0.25) is 5.43 Å². The highest BCUT2D eigenvalue weighted by Crippen LogP contribution is 2.09. The fourth-order valence-corrected chi connectivity index (χ4v) is 1.28. The number of hydrazine groups is 1. The number of aromatic nitrogens is 3. The second-order valence-electron chi connectivity index (χ2n) is 4.36. The zero-order valence-corrected chi connectivity index (χ0v) is 11.6. The summed E-state index contributed by atoms with van der Waals surface area (Å²) in [4.78, 5) is 12.0. The van der Waals surface area contributed by atoms with E-state index in [4.69, 9.17) is 15.3 Å². The average Bonchev–Trinajstić information content (AvgIpc) is 2.41. The lowest BCUT2D eigenvalue weighted by Gasteiger charge is -2.09. The van der Waals surface area contributed by atoms with E-state index in [1.807, 2.05) is 0 Å². The molecule has 0 bridgehead atoms. The Morgan fingerprint density at radius 3 is 2.58 bits per heavy atom. The highest BCUT2D eigenvalue weighted by molar-refractivity contribution is 5.34. The number of nitrogens with one attached hydrogen (secondary N) is 2. The number of ether oxygens (including phenoxy) is 2. The lowest BCUT2D eigenvalue weighted by atomic mass is 10.2. The second-order valence-corrected chi connectivity index (χ2v) is 4.36. The van der Waals surface area contributed by atoms with E-state index in [1.54, 1.807) is 0 Å². The van der Waals surface area contributed by atoms with Gasteiger partial charge in [-0.1, -0.05) is 13.8 Å². The van der Waals surface area contributed by atoms with Gasteiger partial charge in [-0.25, -0.2) is 5.84 Å². The van der Waals surface area contributed by atoms with Gasteiger partial charge in [0.25, 0.3) is 0 Å². The summed E-state index contributed by atoms with van der Waals surface area (Å²) in [5.41, 5.74) is 2.36. The summed E-state index contributed by atoms with van der Waals surface area (Å²) in [5.74, 6) is 6.49. The molecule has 0 atom stereocenters. The maximum Gasteiger partial charge on any atom is 0.322 e. The molecule has 0 aliphatic rings. The molecule has 19 heavy (non-hydrogen) atoms. The molecule has 0 aromatic carbocycles. The number of methoxy groups -OCH3 is 1. The summed E-state index contributed by atoms with van der Waals surface area (Å²) in [5, 5.41) is 3.06. The van der Waals surface area contributed by atoms with E-state index in [9.17, 15) is 0 Å². The third-order valence-electron chi connectivity index (χ3n) is 2.13. The molecule has 1 aromatic rings. The van der Waals surface area contributed by atoms with Crippen LogP contribution in [0.25, 0.3) is 0 Å². The molecule has 4 N–H and O–H groups in total. The molecule has 0 amide bonds. The molecule has 1 aromatic heterocycles. The molecule has 0 saturated carbocycles. The Kier molecular flexibility index (Phi) is 6.83. The van der Waals surface area contributed by atoms with Crippen LogP contribution in [0.15, 0.2) is 0 Å². The van der Waals surface area contributed by atoms with E-state index in [2.05, 4.69) is 39.5 Å². The van der Waals surface area contributed by atoms with Crippen molar-refractivity contribution in [3.63, 3.8) is 0 Å². The smallest absolute Gasteiger partial charge is 0.322 e. The molecule has 1 heterocycles. The zero-order chi connectivity index (χ0) is 14.1. The van der Waals surface area contributed by atoms with Crippen LogP contribution in [0, 0.1) is 5.92 Å². The minimum Gasteiger partial charge on any atom is -0.467 e.